The van der Waals surface area contributed by atoms with Crippen molar-refractivity contribution in [3.05, 3.63) is 200 Å². The Morgan fingerprint density at radius 2 is 0.540 bits per heavy atom. The van der Waals surface area contributed by atoms with E-state index in [0.29, 0.717) is 0 Å². The van der Waals surface area contributed by atoms with E-state index in [4.69, 9.17) is 4.42 Å². The van der Waals surface area contributed by atoms with E-state index in [1.165, 1.54) is 27.8 Å². The molecule has 0 N–H and O–H groups in total. The number of hydrogen-bond donors (Lipinski definition) is 0. The van der Waals surface area contributed by atoms with Crippen LogP contribution in [0.5, 0.6) is 0 Å². The van der Waals surface area contributed by atoms with Crippen molar-refractivity contribution in [3.63, 3.8) is 0 Å². The summed E-state index contributed by atoms with van der Waals surface area (Å²) in [5, 5.41) is 2.26. The van der Waals surface area contributed by atoms with Gasteiger partial charge >= 0.3 is 0 Å². The van der Waals surface area contributed by atoms with E-state index in [-0.39, 0.29) is 0 Å². The van der Waals surface area contributed by atoms with Crippen molar-refractivity contribution < 1.29 is 4.42 Å². The molecule has 0 saturated heterocycles. The van der Waals surface area contributed by atoms with Gasteiger partial charge in [0.2, 0.25) is 0 Å². The van der Waals surface area contributed by atoms with Crippen LogP contribution in [0.2, 0.25) is 0 Å². The summed E-state index contributed by atoms with van der Waals surface area (Å²) in [6.45, 7) is 0. The van der Waals surface area contributed by atoms with Crippen molar-refractivity contribution in [2.24, 2.45) is 0 Å². The Hall–Kier alpha value is -6.64. The van der Waals surface area contributed by atoms with Crippen molar-refractivity contribution in [3.8, 4) is 44.5 Å². The van der Waals surface area contributed by atoms with Gasteiger partial charge in [-0.15, -0.1) is 0 Å². The average Bonchev–Trinajstić information content (AvgIpc) is 3.57. The lowest BCUT2D eigenvalue weighted by Gasteiger charge is -2.26. The van der Waals surface area contributed by atoms with E-state index in [9.17, 15) is 0 Å². The number of nitrogens with zero attached hydrogens (tertiary/aromatic N) is 1. The Balaban J connectivity index is 1.06. The molecule has 1 heterocycles. The van der Waals surface area contributed by atoms with Crippen molar-refractivity contribution in [1.29, 1.82) is 0 Å². The van der Waals surface area contributed by atoms with E-state index < -0.39 is 0 Å². The van der Waals surface area contributed by atoms with Crippen LogP contribution in [-0.2, 0) is 0 Å². The molecule has 0 aliphatic rings. The second-order valence-electron chi connectivity index (χ2n) is 12.6. The number of hydrogen-bond acceptors (Lipinski definition) is 2. The zero-order chi connectivity index (χ0) is 33.3. The van der Waals surface area contributed by atoms with E-state index in [2.05, 4.69) is 199 Å². The highest BCUT2D eigenvalue weighted by atomic mass is 16.3. The summed E-state index contributed by atoms with van der Waals surface area (Å²) in [6.07, 6.45) is 0. The normalized spacial score (nSPS) is 11.2. The molecule has 9 rings (SSSR count). The third kappa shape index (κ3) is 5.63. The summed E-state index contributed by atoms with van der Waals surface area (Å²) in [4.78, 5) is 2.32. The highest BCUT2D eigenvalue weighted by molar-refractivity contribution is 6.07. The SMILES string of the molecule is c1ccc(-c2ccc(N(c3ccc(-c4ccccc4)cc3)c3ccc(-c4ccc5c(c4)oc4cc(-c6ccccc6)ccc45)cc3)cc2)cc1. The van der Waals surface area contributed by atoms with Gasteiger partial charge in [0, 0.05) is 27.8 Å². The highest BCUT2D eigenvalue weighted by Crippen LogP contribution is 2.39. The number of rotatable bonds is 7. The molecule has 0 aliphatic heterocycles. The third-order valence-corrected chi connectivity index (χ3v) is 9.50. The molecule has 0 aliphatic carbocycles. The van der Waals surface area contributed by atoms with Crippen LogP contribution in [0.1, 0.15) is 0 Å². The van der Waals surface area contributed by atoms with Crippen LogP contribution in [0.4, 0.5) is 17.1 Å². The van der Waals surface area contributed by atoms with Gasteiger partial charge in [-0.05, 0) is 105 Å². The van der Waals surface area contributed by atoms with Crippen LogP contribution in [-0.4, -0.2) is 0 Å². The number of anilines is 3. The molecule has 0 atom stereocenters. The monoisotopic (exact) mass is 639 g/mol. The average molecular weight is 640 g/mol. The van der Waals surface area contributed by atoms with Crippen LogP contribution < -0.4 is 4.90 Å². The van der Waals surface area contributed by atoms with Crippen LogP contribution in [0.25, 0.3) is 66.4 Å². The first-order chi connectivity index (χ1) is 24.8. The number of furan rings is 1. The molecule has 1 aromatic heterocycles. The standard InChI is InChI=1S/C48H33NO/c1-4-10-34(11-5-1)37-16-24-42(25-17-37)49(43-26-18-38(19-27-43)35-12-6-2-7-13-35)44-28-20-39(21-29-44)41-23-31-46-45-30-22-40(36-14-8-3-9-15-36)32-47(45)50-48(46)33-41/h1-33H. The molecule has 2 heteroatoms. The predicted molar refractivity (Wildman–Crippen MR) is 210 cm³/mol. The Labute approximate surface area is 292 Å². The minimum Gasteiger partial charge on any atom is -0.456 e. The minimum absolute atomic E-state index is 0.894. The van der Waals surface area contributed by atoms with E-state index in [1.54, 1.807) is 0 Å². The third-order valence-electron chi connectivity index (χ3n) is 9.50. The number of fused-ring (bicyclic) bond motifs is 3. The van der Waals surface area contributed by atoms with E-state index >= 15 is 0 Å². The molecule has 236 valence electrons. The largest absolute Gasteiger partial charge is 0.456 e. The van der Waals surface area contributed by atoms with Crippen LogP contribution in [0, 0.1) is 0 Å². The first-order valence-corrected chi connectivity index (χ1v) is 17.0. The Morgan fingerprint density at radius 1 is 0.260 bits per heavy atom. The number of benzene rings is 8. The molecule has 0 bridgehead atoms. The predicted octanol–water partition coefficient (Wildman–Crippen LogP) is 13.7. The first-order valence-electron chi connectivity index (χ1n) is 17.0. The quantitative estimate of drug-likeness (QED) is 0.173. The van der Waals surface area contributed by atoms with Gasteiger partial charge in [0.1, 0.15) is 11.2 Å². The van der Waals surface area contributed by atoms with Crippen molar-refractivity contribution >= 4 is 39.0 Å². The second kappa shape index (κ2) is 12.8. The van der Waals surface area contributed by atoms with Gasteiger partial charge in [-0.3, -0.25) is 0 Å². The molecule has 9 aromatic rings. The fourth-order valence-corrected chi connectivity index (χ4v) is 6.88. The lowest BCUT2D eigenvalue weighted by molar-refractivity contribution is 0.669. The molecule has 0 spiro atoms. The second-order valence-corrected chi connectivity index (χ2v) is 12.6. The molecule has 0 amide bonds. The van der Waals surface area contributed by atoms with Gasteiger partial charge < -0.3 is 9.32 Å². The molecule has 2 nitrogen and oxygen atoms in total. The van der Waals surface area contributed by atoms with Gasteiger partial charge in [-0.25, -0.2) is 0 Å². The Bertz CT molecular complexity index is 2450. The zero-order valence-corrected chi connectivity index (χ0v) is 27.4. The Kier molecular flexibility index (Phi) is 7.53. The van der Waals surface area contributed by atoms with E-state index in [0.717, 1.165) is 55.7 Å². The summed E-state index contributed by atoms with van der Waals surface area (Å²) in [6, 6.07) is 71.0. The van der Waals surface area contributed by atoms with Crippen LogP contribution in [0.3, 0.4) is 0 Å². The summed E-state index contributed by atoms with van der Waals surface area (Å²) in [5.41, 5.74) is 14.5. The fourth-order valence-electron chi connectivity index (χ4n) is 6.88. The zero-order valence-electron chi connectivity index (χ0n) is 27.4. The van der Waals surface area contributed by atoms with Gasteiger partial charge in [-0.2, -0.15) is 0 Å². The molecule has 50 heavy (non-hydrogen) atoms. The van der Waals surface area contributed by atoms with Crippen molar-refractivity contribution in [1.82, 2.24) is 0 Å². The molecule has 0 fully saturated rings. The maximum atomic E-state index is 6.43. The van der Waals surface area contributed by atoms with Crippen molar-refractivity contribution in [2.45, 2.75) is 0 Å². The molecule has 8 aromatic carbocycles. The van der Waals surface area contributed by atoms with Crippen molar-refractivity contribution in [2.75, 3.05) is 4.90 Å². The van der Waals surface area contributed by atoms with Gasteiger partial charge in [0.25, 0.3) is 0 Å². The topological polar surface area (TPSA) is 16.4 Å². The molecule has 0 unspecified atom stereocenters. The van der Waals surface area contributed by atoms with Crippen LogP contribution >= 0.6 is 0 Å². The summed E-state index contributed by atoms with van der Waals surface area (Å²) in [7, 11) is 0. The lowest BCUT2D eigenvalue weighted by Crippen LogP contribution is -2.09. The first kappa shape index (κ1) is 29.5. The van der Waals surface area contributed by atoms with Gasteiger partial charge in [0.15, 0.2) is 0 Å². The Morgan fingerprint density at radius 3 is 0.900 bits per heavy atom. The molecular formula is C48H33NO. The molecule has 0 saturated carbocycles. The van der Waals surface area contributed by atoms with E-state index in [1.807, 2.05) is 6.07 Å². The maximum absolute atomic E-state index is 6.43. The summed E-state index contributed by atoms with van der Waals surface area (Å²) < 4.78 is 6.43. The lowest BCUT2D eigenvalue weighted by atomic mass is 10.0. The maximum Gasteiger partial charge on any atom is 0.136 e. The molecule has 0 radical (unpaired) electrons. The smallest absolute Gasteiger partial charge is 0.136 e. The minimum atomic E-state index is 0.894. The fraction of sp³-hybridized carbons (Fsp3) is 0. The highest BCUT2D eigenvalue weighted by Gasteiger charge is 2.15. The molecular weight excluding hydrogens is 607 g/mol. The summed E-state index contributed by atoms with van der Waals surface area (Å²) >= 11 is 0. The summed E-state index contributed by atoms with van der Waals surface area (Å²) in [5.74, 6) is 0. The van der Waals surface area contributed by atoms with Crippen LogP contribution in [0.15, 0.2) is 205 Å². The van der Waals surface area contributed by atoms with Gasteiger partial charge in [0.05, 0.1) is 0 Å². The van der Waals surface area contributed by atoms with Gasteiger partial charge in [-0.1, -0.05) is 140 Å².